The minimum atomic E-state index is 0.156. The molecule has 0 bridgehead atoms. The number of benzene rings is 1. The Balaban J connectivity index is 2.62. The van der Waals surface area contributed by atoms with Crippen molar-refractivity contribution < 1.29 is 9.52 Å². The number of aryl methyl sites for hydroxylation is 1. The van der Waals surface area contributed by atoms with Crippen molar-refractivity contribution in [3.63, 3.8) is 0 Å². The lowest BCUT2D eigenvalue weighted by molar-refractivity contribution is 0.236. The minimum absolute atomic E-state index is 0.156. The lowest BCUT2D eigenvalue weighted by Gasteiger charge is -2.18. The first-order chi connectivity index (χ1) is 7.65. The number of fused-ring (bicyclic) bond motifs is 1. The quantitative estimate of drug-likeness (QED) is 0.855. The SMILES string of the molecule is Cc1oc2ccccc2c1C(CO)C(C)C. The van der Waals surface area contributed by atoms with Gasteiger partial charge >= 0.3 is 0 Å². The Kier molecular flexibility index (Phi) is 3.01. The van der Waals surface area contributed by atoms with E-state index in [9.17, 15) is 5.11 Å². The Hall–Kier alpha value is -1.28. The highest BCUT2D eigenvalue weighted by Crippen LogP contribution is 2.34. The first-order valence-electron chi connectivity index (χ1n) is 5.74. The monoisotopic (exact) mass is 218 g/mol. The number of rotatable bonds is 3. The van der Waals surface area contributed by atoms with Crippen molar-refractivity contribution in [3.8, 4) is 0 Å². The topological polar surface area (TPSA) is 33.4 Å². The van der Waals surface area contributed by atoms with Gasteiger partial charge in [0.2, 0.25) is 0 Å². The Labute approximate surface area is 95.9 Å². The van der Waals surface area contributed by atoms with Crippen LogP contribution in [0.15, 0.2) is 28.7 Å². The molecule has 0 saturated heterocycles. The second kappa shape index (κ2) is 4.30. The van der Waals surface area contributed by atoms with Crippen molar-refractivity contribution in [2.45, 2.75) is 26.7 Å². The van der Waals surface area contributed by atoms with Crippen LogP contribution < -0.4 is 0 Å². The van der Waals surface area contributed by atoms with Gasteiger partial charge in [-0.1, -0.05) is 32.0 Å². The molecule has 0 spiro atoms. The molecule has 0 radical (unpaired) electrons. The predicted octanol–water partition coefficient (Wildman–Crippen LogP) is 3.47. The van der Waals surface area contributed by atoms with E-state index in [1.165, 1.54) is 0 Å². The van der Waals surface area contributed by atoms with E-state index in [2.05, 4.69) is 19.9 Å². The Morgan fingerprint density at radius 3 is 2.56 bits per heavy atom. The smallest absolute Gasteiger partial charge is 0.134 e. The van der Waals surface area contributed by atoms with Crippen LogP contribution in [0.1, 0.15) is 31.1 Å². The van der Waals surface area contributed by atoms with E-state index in [1.807, 2.05) is 25.1 Å². The molecule has 1 aromatic heterocycles. The number of hydrogen-bond acceptors (Lipinski definition) is 2. The Morgan fingerprint density at radius 2 is 1.94 bits per heavy atom. The van der Waals surface area contributed by atoms with Gasteiger partial charge in [-0.05, 0) is 18.9 Å². The third-order valence-corrected chi connectivity index (χ3v) is 3.19. The Bertz CT molecular complexity index is 482. The van der Waals surface area contributed by atoms with Gasteiger partial charge in [-0.15, -0.1) is 0 Å². The number of hydrogen-bond donors (Lipinski definition) is 1. The molecule has 2 aromatic rings. The highest BCUT2D eigenvalue weighted by atomic mass is 16.3. The van der Waals surface area contributed by atoms with E-state index >= 15 is 0 Å². The van der Waals surface area contributed by atoms with E-state index < -0.39 is 0 Å². The molecule has 2 nitrogen and oxygen atoms in total. The second-order valence-electron chi connectivity index (χ2n) is 4.60. The summed E-state index contributed by atoms with van der Waals surface area (Å²) >= 11 is 0. The molecule has 1 aromatic carbocycles. The third-order valence-electron chi connectivity index (χ3n) is 3.19. The molecule has 2 heteroatoms. The van der Waals surface area contributed by atoms with Crippen LogP contribution in [-0.2, 0) is 0 Å². The zero-order valence-electron chi connectivity index (χ0n) is 10.0. The molecule has 0 saturated carbocycles. The Morgan fingerprint density at radius 1 is 1.25 bits per heavy atom. The highest BCUT2D eigenvalue weighted by molar-refractivity contribution is 5.82. The molecule has 2 rings (SSSR count). The van der Waals surface area contributed by atoms with Gasteiger partial charge in [0.1, 0.15) is 11.3 Å². The molecule has 86 valence electrons. The van der Waals surface area contributed by atoms with E-state index in [4.69, 9.17) is 4.42 Å². The van der Waals surface area contributed by atoms with Crippen LogP contribution in [0, 0.1) is 12.8 Å². The maximum Gasteiger partial charge on any atom is 0.134 e. The van der Waals surface area contributed by atoms with Crippen molar-refractivity contribution in [1.82, 2.24) is 0 Å². The van der Waals surface area contributed by atoms with Gasteiger partial charge in [-0.3, -0.25) is 0 Å². The first kappa shape index (κ1) is 11.2. The van der Waals surface area contributed by atoms with Crippen molar-refractivity contribution >= 4 is 11.0 Å². The minimum Gasteiger partial charge on any atom is -0.461 e. The molecule has 0 aliphatic carbocycles. The van der Waals surface area contributed by atoms with E-state index in [1.54, 1.807) is 0 Å². The lowest BCUT2D eigenvalue weighted by atomic mass is 9.87. The third kappa shape index (κ3) is 1.74. The normalized spacial score (nSPS) is 13.6. The maximum absolute atomic E-state index is 9.51. The van der Waals surface area contributed by atoms with Gasteiger partial charge in [0.15, 0.2) is 0 Å². The summed E-state index contributed by atoms with van der Waals surface area (Å²) < 4.78 is 5.72. The zero-order chi connectivity index (χ0) is 11.7. The number of aliphatic hydroxyl groups excluding tert-OH is 1. The molecule has 0 fully saturated rings. The fourth-order valence-electron chi connectivity index (χ4n) is 2.28. The summed E-state index contributed by atoms with van der Waals surface area (Å²) in [6.45, 7) is 6.40. The fourth-order valence-corrected chi connectivity index (χ4v) is 2.28. The molecule has 0 aliphatic heterocycles. The van der Waals surface area contributed by atoms with Gasteiger partial charge in [0, 0.05) is 16.9 Å². The van der Waals surface area contributed by atoms with Crippen molar-refractivity contribution in [3.05, 3.63) is 35.6 Å². The summed E-state index contributed by atoms with van der Waals surface area (Å²) in [7, 11) is 0. The summed E-state index contributed by atoms with van der Waals surface area (Å²) in [5, 5.41) is 10.6. The van der Waals surface area contributed by atoms with Crippen LogP contribution >= 0.6 is 0 Å². The average Bonchev–Trinajstić information content (AvgIpc) is 2.57. The fraction of sp³-hybridized carbons (Fsp3) is 0.429. The number of furan rings is 1. The summed E-state index contributed by atoms with van der Waals surface area (Å²) in [6.07, 6.45) is 0. The molecule has 1 unspecified atom stereocenters. The summed E-state index contributed by atoms with van der Waals surface area (Å²) in [4.78, 5) is 0. The van der Waals surface area contributed by atoms with E-state index in [0.29, 0.717) is 5.92 Å². The van der Waals surface area contributed by atoms with Gasteiger partial charge in [0.25, 0.3) is 0 Å². The lowest BCUT2D eigenvalue weighted by Crippen LogP contribution is -2.11. The average molecular weight is 218 g/mol. The van der Waals surface area contributed by atoms with Crippen LogP contribution in [0.4, 0.5) is 0 Å². The van der Waals surface area contributed by atoms with Crippen molar-refractivity contribution in [1.29, 1.82) is 0 Å². The molecular weight excluding hydrogens is 200 g/mol. The van der Waals surface area contributed by atoms with Crippen LogP contribution in [0.2, 0.25) is 0 Å². The van der Waals surface area contributed by atoms with Crippen LogP contribution in [0.3, 0.4) is 0 Å². The first-order valence-corrected chi connectivity index (χ1v) is 5.74. The maximum atomic E-state index is 9.51. The molecule has 1 heterocycles. The number of para-hydroxylation sites is 1. The molecule has 0 aliphatic rings. The van der Waals surface area contributed by atoms with Crippen molar-refractivity contribution in [2.75, 3.05) is 6.61 Å². The summed E-state index contributed by atoms with van der Waals surface area (Å²) in [6, 6.07) is 8.01. The van der Waals surface area contributed by atoms with Gasteiger partial charge in [-0.25, -0.2) is 0 Å². The molecular formula is C14H18O2. The molecule has 1 atom stereocenters. The highest BCUT2D eigenvalue weighted by Gasteiger charge is 2.22. The second-order valence-corrected chi connectivity index (χ2v) is 4.60. The summed E-state index contributed by atoms with van der Waals surface area (Å²) in [5.74, 6) is 1.49. The van der Waals surface area contributed by atoms with Gasteiger partial charge in [-0.2, -0.15) is 0 Å². The molecule has 0 amide bonds. The molecule has 16 heavy (non-hydrogen) atoms. The van der Waals surface area contributed by atoms with Crippen molar-refractivity contribution in [2.24, 2.45) is 5.92 Å². The standard InChI is InChI=1S/C14H18O2/c1-9(2)12(8-15)14-10(3)16-13-7-5-4-6-11(13)14/h4-7,9,12,15H,8H2,1-3H3. The van der Waals surface area contributed by atoms with E-state index in [-0.39, 0.29) is 12.5 Å². The van der Waals surface area contributed by atoms with E-state index in [0.717, 1.165) is 22.3 Å². The molecule has 1 N–H and O–H groups in total. The largest absolute Gasteiger partial charge is 0.461 e. The zero-order valence-corrected chi connectivity index (χ0v) is 10.0. The predicted molar refractivity (Wildman–Crippen MR) is 65.6 cm³/mol. The summed E-state index contributed by atoms with van der Waals surface area (Å²) in [5.41, 5.74) is 2.07. The van der Waals surface area contributed by atoms with Gasteiger partial charge < -0.3 is 9.52 Å². The van der Waals surface area contributed by atoms with Crippen LogP contribution in [0.5, 0.6) is 0 Å². The van der Waals surface area contributed by atoms with Crippen LogP contribution in [0.25, 0.3) is 11.0 Å². The van der Waals surface area contributed by atoms with Gasteiger partial charge in [0.05, 0.1) is 6.61 Å². The number of aliphatic hydroxyl groups is 1. The van der Waals surface area contributed by atoms with Crippen LogP contribution in [-0.4, -0.2) is 11.7 Å².